The fraction of sp³-hybridized carbons (Fsp3) is 0.143. The van der Waals surface area contributed by atoms with Crippen LogP contribution in [0.3, 0.4) is 0 Å². The summed E-state index contributed by atoms with van der Waals surface area (Å²) in [6, 6.07) is 16.3. The predicted molar refractivity (Wildman–Crippen MR) is 102 cm³/mol. The second-order valence-electron chi connectivity index (χ2n) is 5.94. The van der Waals surface area contributed by atoms with E-state index in [0.717, 1.165) is 0 Å². The van der Waals surface area contributed by atoms with E-state index in [1.54, 1.807) is 54.6 Å². The van der Waals surface area contributed by atoms with E-state index in [9.17, 15) is 14.0 Å². The molecule has 0 saturated carbocycles. The van der Waals surface area contributed by atoms with E-state index in [-0.39, 0.29) is 30.0 Å². The fourth-order valence-electron chi connectivity index (χ4n) is 2.50. The molecule has 0 saturated heterocycles. The van der Waals surface area contributed by atoms with Gasteiger partial charge in [0.1, 0.15) is 11.6 Å². The Bertz CT molecular complexity index is 941. The topological polar surface area (TPSA) is 80.6 Å². The zero-order chi connectivity index (χ0) is 19.8. The van der Waals surface area contributed by atoms with Crippen LogP contribution in [-0.2, 0) is 11.2 Å². The molecule has 0 aliphatic rings. The lowest BCUT2D eigenvalue weighted by Crippen LogP contribution is -2.30. The minimum absolute atomic E-state index is 0.188. The molecular weight excluding hydrogens is 363 g/mol. The molecule has 144 valence electrons. The Morgan fingerprint density at radius 1 is 1.04 bits per heavy atom. The standard InChI is InChI=1S/C21H19FN2O4/c22-18-8-2-1-5-15(18)10-11-23-20(25)14-28-17-7-3-6-16(13-17)24-21(26)19-9-4-12-27-19/h1-9,12-13H,10-11,14H2,(H,23,25)(H,24,26). The van der Waals surface area contributed by atoms with Crippen molar-refractivity contribution in [2.45, 2.75) is 6.42 Å². The van der Waals surface area contributed by atoms with Crippen LogP contribution in [0.2, 0.25) is 0 Å². The van der Waals surface area contributed by atoms with Gasteiger partial charge in [-0.05, 0) is 42.3 Å². The molecule has 7 heteroatoms. The monoisotopic (exact) mass is 382 g/mol. The van der Waals surface area contributed by atoms with Crippen molar-refractivity contribution in [3.8, 4) is 5.75 Å². The van der Waals surface area contributed by atoms with Crippen LogP contribution < -0.4 is 15.4 Å². The lowest BCUT2D eigenvalue weighted by Gasteiger charge is -2.09. The van der Waals surface area contributed by atoms with Crippen molar-refractivity contribution in [1.29, 1.82) is 0 Å². The Balaban J connectivity index is 1.44. The van der Waals surface area contributed by atoms with Crippen LogP contribution in [0.5, 0.6) is 5.75 Å². The molecule has 2 amide bonds. The van der Waals surface area contributed by atoms with Gasteiger partial charge in [-0.2, -0.15) is 0 Å². The molecule has 0 spiro atoms. The average molecular weight is 382 g/mol. The summed E-state index contributed by atoms with van der Waals surface area (Å²) in [7, 11) is 0. The minimum atomic E-state index is -0.381. The summed E-state index contributed by atoms with van der Waals surface area (Å²) in [5.41, 5.74) is 1.06. The van der Waals surface area contributed by atoms with E-state index in [1.165, 1.54) is 12.3 Å². The summed E-state index contributed by atoms with van der Waals surface area (Å²) in [5.74, 6) is -0.363. The molecule has 2 aromatic carbocycles. The van der Waals surface area contributed by atoms with Crippen molar-refractivity contribution >= 4 is 17.5 Å². The van der Waals surface area contributed by atoms with E-state index < -0.39 is 0 Å². The van der Waals surface area contributed by atoms with Crippen molar-refractivity contribution in [1.82, 2.24) is 5.32 Å². The van der Waals surface area contributed by atoms with Gasteiger partial charge in [-0.1, -0.05) is 24.3 Å². The van der Waals surface area contributed by atoms with Gasteiger partial charge in [0.05, 0.1) is 6.26 Å². The summed E-state index contributed by atoms with van der Waals surface area (Å²) in [4.78, 5) is 23.9. The second kappa shape index (κ2) is 9.36. The Labute approximate surface area is 161 Å². The van der Waals surface area contributed by atoms with Crippen LogP contribution in [-0.4, -0.2) is 25.0 Å². The summed E-state index contributed by atoms with van der Waals surface area (Å²) in [5, 5.41) is 5.36. The quantitative estimate of drug-likeness (QED) is 0.626. The Morgan fingerprint density at radius 3 is 2.68 bits per heavy atom. The van der Waals surface area contributed by atoms with Crippen LogP contribution in [0, 0.1) is 5.82 Å². The number of carbonyl (C=O) groups excluding carboxylic acids is 2. The zero-order valence-electron chi connectivity index (χ0n) is 15.0. The Kier molecular flexibility index (Phi) is 6.41. The van der Waals surface area contributed by atoms with Gasteiger partial charge >= 0.3 is 0 Å². The van der Waals surface area contributed by atoms with Gasteiger partial charge in [0.15, 0.2) is 12.4 Å². The number of nitrogens with one attached hydrogen (secondary N) is 2. The molecule has 1 heterocycles. The molecule has 0 unspecified atom stereocenters. The summed E-state index contributed by atoms with van der Waals surface area (Å²) in [6.07, 6.45) is 1.81. The van der Waals surface area contributed by atoms with Gasteiger partial charge in [-0.25, -0.2) is 4.39 Å². The van der Waals surface area contributed by atoms with Crippen molar-refractivity contribution in [2.24, 2.45) is 0 Å². The maximum atomic E-state index is 13.5. The molecule has 6 nitrogen and oxygen atoms in total. The molecule has 0 bridgehead atoms. The number of hydrogen-bond donors (Lipinski definition) is 2. The van der Waals surface area contributed by atoms with Gasteiger partial charge < -0.3 is 19.8 Å². The molecule has 0 aliphatic carbocycles. The van der Waals surface area contributed by atoms with Gasteiger partial charge in [-0.15, -0.1) is 0 Å². The normalized spacial score (nSPS) is 10.3. The van der Waals surface area contributed by atoms with E-state index in [4.69, 9.17) is 9.15 Å². The third-order valence-corrected chi connectivity index (χ3v) is 3.88. The highest BCUT2D eigenvalue weighted by molar-refractivity contribution is 6.02. The molecule has 1 aromatic heterocycles. The molecule has 3 aromatic rings. The van der Waals surface area contributed by atoms with Crippen LogP contribution in [0.1, 0.15) is 16.1 Å². The van der Waals surface area contributed by atoms with E-state index in [2.05, 4.69) is 10.6 Å². The largest absolute Gasteiger partial charge is 0.484 e. The maximum Gasteiger partial charge on any atom is 0.291 e. The first kappa shape index (κ1) is 19.2. The van der Waals surface area contributed by atoms with Crippen molar-refractivity contribution in [3.05, 3.63) is 84.1 Å². The molecule has 3 rings (SSSR count). The highest BCUT2D eigenvalue weighted by Gasteiger charge is 2.09. The average Bonchev–Trinajstić information content (AvgIpc) is 3.23. The number of amides is 2. The maximum absolute atomic E-state index is 13.5. The number of hydrogen-bond acceptors (Lipinski definition) is 4. The molecular formula is C21H19FN2O4. The van der Waals surface area contributed by atoms with Crippen LogP contribution in [0.4, 0.5) is 10.1 Å². The predicted octanol–water partition coefficient (Wildman–Crippen LogP) is 3.41. The number of rotatable bonds is 8. The smallest absolute Gasteiger partial charge is 0.291 e. The van der Waals surface area contributed by atoms with Crippen LogP contribution >= 0.6 is 0 Å². The Hall–Kier alpha value is -3.61. The number of anilines is 1. The summed E-state index contributed by atoms with van der Waals surface area (Å²) >= 11 is 0. The number of halogens is 1. The van der Waals surface area contributed by atoms with Crippen LogP contribution in [0.15, 0.2) is 71.3 Å². The molecule has 0 radical (unpaired) electrons. The van der Waals surface area contributed by atoms with E-state index in [0.29, 0.717) is 30.0 Å². The summed E-state index contributed by atoms with van der Waals surface area (Å²) < 4.78 is 24.0. The molecule has 0 fully saturated rings. The SMILES string of the molecule is O=C(COc1cccc(NC(=O)c2ccco2)c1)NCCc1ccccc1F. The van der Waals surface area contributed by atoms with E-state index in [1.807, 2.05) is 0 Å². The van der Waals surface area contributed by atoms with Crippen molar-refractivity contribution in [3.63, 3.8) is 0 Å². The molecule has 0 aliphatic heterocycles. The first-order valence-corrected chi connectivity index (χ1v) is 8.69. The van der Waals surface area contributed by atoms with Gasteiger partial charge in [-0.3, -0.25) is 9.59 Å². The van der Waals surface area contributed by atoms with Gasteiger partial charge in [0.25, 0.3) is 11.8 Å². The number of ether oxygens (including phenoxy) is 1. The zero-order valence-corrected chi connectivity index (χ0v) is 15.0. The highest BCUT2D eigenvalue weighted by Crippen LogP contribution is 2.18. The third kappa shape index (κ3) is 5.44. The second-order valence-corrected chi connectivity index (χ2v) is 5.94. The lowest BCUT2D eigenvalue weighted by molar-refractivity contribution is -0.123. The van der Waals surface area contributed by atoms with Crippen LogP contribution in [0.25, 0.3) is 0 Å². The molecule has 0 atom stereocenters. The minimum Gasteiger partial charge on any atom is -0.484 e. The van der Waals surface area contributed by atoms with E-state index >= 15 is 0 Å². The highest BCUT2D eigenvalue weighted by atomic mass is 19.1. The number of benzene rings is 2. The molecule has 28 heavy (non-hydrogen) atoms. The molecule has 2 N–H and O–H groups in total. The third-order valence-electron chi connectivity index (χ3n) is 3.88. The summed E-state index contributed by atoms with van der Waals surface area (Å²) in [6.45, 7) is 0.120. The van der Waals surface area contributed by atoms with Crippen molar-refractivity contribution < 1.29 is 23.1 Å². The first-order valence-electron chi connectivity index (χ1n) is 8.69. The fourth-order valence-corrected chi connectivity index (χ4v) is 2.50. The lowest BCUT2D eigenvalue weighted by atomic mass is 10.1. The van der Waals surface area contributed by atoms with Gasteiger partial charge in [0.2, 0.25) is 0 Å². The van der Waals surface area contributed by atoms with Gasteiger partial charge in [0, 0.05) is 18.3 Å². The first-order chi connectivity index (χ1) is 13.6. The number of furan rings is 1. The van der Waals surface area contributed by atoms with Crippen molar-refractivity contribution in [2.75, 3.05) is 18.5 Å². The number of carbonyl (C=O) groups is 2. The Morgan fingerprint density at radius 2 is 1.89 bits per heavy atom.